The smallest absolute Gasteiger partial charge is 0.243 e. The summed E-state index contributed by atoms with van der Waals surface area (Å²) in [7, 11) is 0. The highest BCUT2D eigenvalue weighted by Crippen LogP contribution is 2.10. The van der Waals surface area contributed by atoms with E-state index < -0.39 is 0 Å². The Morgan fingerprint density at radius 3 is 3.12 bits per heavy atom. The van der Waals surface area contributed by atoms with Crippen molar-refractivity contribution in [2.24, 2.45) is 0 Å². The monoisotopic (exact) mass is 238 g/mol. The average Bonchev–Trinajstić information content (AvgIpc) is 2.79. The van der Waals surface area contributed by atoms with Gasteiger partial charge in [0.15, 0.2) is 0 Å². The highest BCUT2D eigenvalue weighted by atomic mass is 16.5. The molecule has 1 amide bonds. The molecular weight excluding hydrogens is 220 g/mol. The molecule has 1 fully saturated rings. The predicted molar refractivity (Wildman–Crippen MR) is 63.9 cm³/mol. The van der Waals surface area contributed by atoms with Crippen LogP contribution < -0.4 is 10.6 Å². The number of amides is 1. The van der Waals surface area contributed by atoms with E-state index >= 15 is 0 Å². The third-order valence-electron chi connectivity index (χ3n) is 2.64. The van der Waals surface area contributed by atoms with Gasteiger partial charge in [0.1, 0.15) is 6.04 Å². The molecule has 1 aromatic rings. The van der Waals surface area contributed by atoms with Crippen LogP contribution in [0.15, 0.2) is 12.4 Å². The van der Waals surface area contributed by atoms with E-state index in [0.717, 1.165) is 5.69 Å². The van der Waals surface area contributed by atoms with Crippen LogP contribution in [-0.2, 0) is 9.53 Å². The lowest BCUT2D eigenvalue weighted by Gasteiger charge is -2.22. The minimum absolute atomic E-state index is 0.0759. The van der Waals surface area contributed by atoms with Crippen molar-refractivity contribution in [3.8, 4) is 0 Å². The van der Waals surface area contributed by atoms with Gasteiger partial charge in [-0.05, 0) is 13.8 Å². The van der Waals surface area contributed by atoms with Gasteiger partial charge >= 0.3 is 0 Å². The van der Waals surface area contributed by atoms with Gasteiger partial charge in [-0.2, -0.15) is 5.10 Å². The predicted octanol–water partition coefficient (Wildman–Crippen LogP) is 0.391. The highest BCUT2D eigenvalue weighted by molar-refractivity contribution is 5.94. The summed E-state index contributed by atoms with van der Waals surface area (Å²) in [5, 5.41) is 10.1. The Hall–Kier alpha value is -1.40. The molecule has 1 atom stereocenters. The Morgan fingerprint density at radius 1 is 1.71 bits per heavy atom. The van der Waals surface area contributed by atoms with Gasteiger partial charge in [0.05, 0.1) is 25.1 Å². The zero-order chi connectivity index (χ0) is 12.3. The Balaban J connectivity index is 1.92. The normalized spacial score (nSPS) is 20.5. The number of hydrogen-bond donors (Lipinski definition) is 2. The molecule has 1 aliphatic heterocycles. The molecule has 0 aromatic carbocycles. The maximum absolute atomic E-state index is 11.9. The van der Waals surface area contributed by atoms with Crippen LogP contribution in [0.5, 0.6) is 0 Å². The Kier molecular flexibility index (Phi) is 3.75. The van der Waals surface area contributed by atoms with Crippen molar-refractivity contribution in [1.82, 2.24) is 15.1 Å². The molecule has 1 aromatic heterocycles. The maximum Gasteiger partial charge on any atom is 0.243 e. The lowest BCUT2D eigenvalue weighted by atomic mass is 10.2. The number of ether oxygens (including phenoxy) is 1. The molecule has 1 saturated heterocycles. The van der Waals surface area contributed by atoms with Gasteiger partial charge in [0, 0.05) is 18.8 Å². The number of aromatic nitrogens is 2. The van der Waals surface area contributed by atoms with Crippen molar-refractivity contribution < 1.29 is 9.53 Å². The summed E-state index contributed by atoms with van der Waals surface area (Å²) in [5.41, 5.74) is 0.719. The van der Waals surface area contributed by atoms with Gasteiger partial charge in [-0.1, -0.05) is 0 Å². The summed E-state index contributed by atoms with van der Waals surface area (Å²) in [6.07, 6.45) is 3.48. The largest absolute Gasteiger partial charge is 0.378 e. The topological polar surface area (TPSA) is 68.2 Å². The molecule has 2 rings (SSSR count). The van der Waals surface area contributed by atoms with Gasteiger partial charge in [-0.25, -0.2) is 0 Å². The van der Waals surface area contributed by atoms with E-state index in [1.165, 1.54) is 0 Å². The zero-order valence-electron chi connectivity index (χ0n) is 10.1. The highest BCUT2D eigenvalue weighted by Gasteiger charge is 2.21. The molecular formula is C11H18N4O2. The molecule has 0 radical (unpaired) electrons. The molecule has 1 aliphatic rings. The molecule has 0 bridgehead atoms. The van der Waals surface area contributed by atoms with Crippen molar-refractivity contribution in [1.29, 1.82) is 0 Å². The van der Waals surface area contributed by atoms with E-state index in [1.54, 1.807) is 10.9 Å². The third-order valence-corrected chi connectivity index (χ3v) is 2.64. The van der Waals surface area contributed by atoms with Crippen molar-refractivity contribution in [2.75, 3.05) is 25.1 Å². The number of nitrogens with zero attached hydrogens (tertiary/aromatic N) is 2. The van der Waals surface area contributed by atoms with Gasteiger partial charge in [-0.3, -0.25) is 9.48 Å². The van der Waals surface area contributed by atoms with Crippen LogP contribution in [0.2, 0.25) is 0 Å². The first-order valence-electron chi connectivity index (χ1n) is 5.83. The van der Waals surface area contributed by atoms with Gasteiger partial charge in [0.25, 0.3) is 0 Å². The molecule has 0 aliphatic carbocycles. The number of morpholine rings is 1. The number of rotatable bonds is 3. The van der Waals surface area contributed by atoms with Crippen LogP contribution in [0.1, 0.15) is 19.9 Å². The molecule has 1 unspecified atom stereocenters. The number of hydrogen-bond acceptors (Lipinski definition) is 4. The van der Waals surface area contributed by atoms with Gasteiger partial charge < -0.3 is 15.4 Å². The first kappa shape index (κ1) is 12.1. The lowest BCUT2D eigenvalue weighted by molar-refractivity contribution is -0.120. The fourth-order valence-electron chi connectivity index (χ4n) is 1.65. The van der Waals surface area contributed by atoms with Crippen molar-refractivity contribution >= 4 is 11.6 Å². The molecule has 0 spiro atoms. The molecule has 6 nitrogen and oxygen atoms in total. The maximum atomic E-state index is 11.9. The Morgan fingerprint density at radius 2 is 2.53 bits per heavy atom. The minimum Gasteiger partial charge on any atom is -0.378 e. The number of carbonyl (C=O) groups is 1. The van der Waals surface area contributed by atoms with Crippen LogP contribution >= 0.6 is 0 Å². The van der Waals surface area contributed by atoms with E-state index in [2.05, 4.69) is 15.7 Å². The molecule has 17 heavy (non-hydrogen) atoms. The Labute approximate surface area is 100 Å². The fourth-order valence-corrected chi connectivity index (χ4v) is 1.65. The molecule has 2 heterocycles. The second-order valence-electron chi connectivity index (χ2n) is 4.37. The Bertz CT molecular complexity index is 383. The summed E-state index contributed by atoms with van der Waals surface area (Å²) < 4.78 is 7.05. The van der Waals surface area contributed by atoms with E-state index in [0.29, 0.717) is 19.8 Å². The molecule has 2 N–H and O–H groups in total. The van der Waals surface area contributed by atoms with E-state index in [1.807, 2.05) is 20.0 Å². The van der Waals surface area contributed by atoms with Gasteiger partial charge in [-0.15, -0.1) is 0 Å². The first-order valence-corrected chi connectivity index (χ1v) is 5.83. The summed E-state index contributed by atoms with van der Waals surface area (Å²) in [6.45, 7) is 5.87. The summed E-state index contributed by atoms with van der Waals surface area (Å²) >= 11 is 0. The number of carbonyl (C=O) groups excluding carboxylic acids is 1. The SMILES string of the molecule is CC(C)n1cc(NC(=O)C2COCCN2)cn1. The molecule has 94 valence electrons. The average molecular weight is 238 g/mol. The summed E-state index contributed by atoms with van der Waals surface area (Å²) in [4.78, 5) is 11.9. The standard InChI is InChI=1S/C11H18N4O2/c1-8(2)15-6-9(5-13-15)14-11(16)10-7-17-4-3-12-10/h5-6,8,10,12H,3-4,7H2,1-2H3,(H,14,16). The number of anilines is 1. The lowest BCUT2D eigenvalue weighted by Crippen LogP contribution is -2.48. The van der Waals surface area contributed by atoms with Crippen LogP contribution in [0.4, 0.5) is 5.69 Å². The van der Waals surface area contributed by atoms with E-state index in [-0.39, 0.29) is 18.0 Å². The quantitative estimate of drug-likeness (QED) is 0.799. The molecule has 0 saturated carbocycles. The van der Waals surface area contributed by atoms with Crippen molar-refractivity contribution in [2.45, 2.75) is 25.9 Å². The van der Waals surface area contributed by atoms with Crippen molar-refractivity contribution in [3.05, 3.63) is 12.4 Å². The summed E-state index contributed by atoms with van der Waals surface area (Å²) in [6, 6.07) is 0.0166. The van der Waals surface area contributed by atoms with Gasteiger partial charge in [0.2, 0.25) is 5.91 Å². The summed E-state index contributed by atoms with van der Waals surface area (Å²) in [5.74, 6) is -0.0759. The van der Waals surface area contributed by atoms with Crippen LogP contribution in [0, 0.1) is 0 Å². The van der Waals surface area contributed by atoms with Crippen LogP contribution in [-0.4, -0.2) is 41.5 Å². The third kappa shape index (κ3) is 3.04. The van der Waals surface area contributed by atoms with Crippen LogP contribution in [0.3, 0.4) is 0 Å². The minimum atomic E-state index is -0.272. The fraction of sp³-hybridized carbons (Fsp3) is 0.636. The van der Waals surface area contributed by atoms with E-state index in [9.17, 15) is 4.79 Å². The second kappa shape index (κ2) is 5.29. The zero-order valence-corrected chi connectivity index (χ0v) is 10.1. The number of nitrogens with one attached hydrogen (secondary N) is 2. The second-order valence-corrected chi connectivity index (χ2v) is 4.37. The van der Waals surface area contributed by atoms with Crippen molar-refractivity contribution in [3.63, 3.8) is 0 Å². The first-order chi connectivity index (χ1) is 8.16. The van der Waals surface area contributed by atoms with Crippen LogP contribution in [0.25, 0.3) is 0 Å². The van der Waals surface area contributed by atoms with E-state index in [4.69, 9.17) is 4.74 Å². The molecule has 6 heteroatoms.